The zero-order valence-electron chi connectivity index (χ0n) is 18.9. The van der Waals surface area contributed by atoms with E-state index in [1.54, 1.807) is 12.3 Å². The van der Waals surface area contributed by atoms with Gasteiger partial charge in [-0.05, 0) is 83.9 Å². The molecule has 0 spiro atoms. The average Bonchev–Trinajstić information content (AvgIpc) is 3.31. The second-order valence-corrected chi connectivity index (χ2v) is 9.65. The molecule has 1 aromatic heterocycles. The van der Waals surface area contributed by atoms with Crippen LogP contribution in [-0.4, -0.2) is 78.8 Å². The van der Waals surface area contributed by atoms with Crippen molar-refractivity contribution >= 4 is 16.6 Å². The van der Waals surface area contributed by atoms with Crippen molar-refractivity contribution in [2.24, 2.45) is 0 Å². The molecule has 2 aromatic rings. The first-order chi connectivity index (χ1) is 15.1. The Hall–Kier alpha value is -1.76. The fourth-order valence-electron chi connectivity index (χ4n) is 5.80. The number of pyridine rings is 1. The second kappa shape index (κ2) is 9.00. The summed E-state index contributed by atoms with van der Waals surface area (Å²) in [5.74, 6) is -0.180. The number of likely N-dealkylation sites (tertiary alicyclic amines) is 2. The van der Waals surface area contributed by atoms with E-state index in [0.29, 0.717) is 5.56 Å². The number of morpholine rings is 1. The van der Waals surface area contributed by atoms with E-state index in [9.17, 15) is 4.39 Å². The number of hydrogen-bond acceptors (Lipinski definition) is 5. The van der Waals surface area contributed by atoms with Crippen molar-refractivity contribution in [3.8, 4) is 0 Å². The quantitative estimate of drug-likeness (QED) is 0.742. The Labute approximate surface area is 185 Å². The fourth-order valence-corrected chi connectivity index (χ4v) is 5.80. The van der Waals surface area contributed by atoms with Gasteiger partial charge in [-0.1, -0.05) is 0 Å². The number of fused-ring (bicyclic) bond motifs is 1. The molecule has 3 saturated heterocycles. The molecule has 0 saturated carbocycles. The maximum Gasteiger partial charge on any atom is 0.130 e. The van der Waals surface area contributed by atoms with Gasteiger partial charge in [0.15, 0.2) is 0 Å². The normalized spacial score (nSPS) is 26.7. The molecule has 3 fully saturated rings. The number of aromatic nitrogens is 1. The van der Waals surface area contributed by atoms with E-state index in [4.69, 9.17) is 4.74 Å². The first kappa shape index (κ1) is 21.1. The monoisotopic (exact) mass is 426 g/mol. The summed E-state index contributed by atoms with van der Waals surface area (Å²) >= 11 is 0. The minimum absolute atomic E-state index is 0.122. The third-order valence-electron chi connectivity index (χ3n) is 7.40. The Morgan fingerprint density at radius 2 is 1.90 bits per heavy atom. The molecule has 4 heterocycles. The molecule has 0 aliphatic carbocycles. The van der Waals surface area contributed by atoms with E-state index in [2.05, 4.69) is 32.7 Å². The first-order valence-electron chi connectivity index (χ1n) is 12.0. The summed E-state index contributed by atoms with van der Waals surface area (Å²) in [4.78, 5) is 12.0. The maximum absolute atomic E-state index is 14.7. The molecule has 2 atom stereocenters. The zero-order chi connectivity index (χ0) is 21.4. The van der Waals surface area contributed by atoms with Gasteiger partial charge in [-0.3, -0.25) is 4.98 Å². The van der Waals surface area contributed by atoms with Crippen LogP contribution in [0.25, 0.3) is 10.9 Å². The topological polar surface area (TPSA) is 31.8 Å². The predicted octanol–water partition coefficient (Wildman–Crippen LogP) is 3.84. The molecule has 3 aliphatic rings. The minimum Gasteiger partial charge on any atom is -0.370 e. The third-order valence-corrected chi connectivity index (χ3v) is 7.40. The number of halogens is 1. The summed E-state index contributed by atoms with van der Waals surface area (Å²) in [5, 5.41) is 1.03. The van der Waals surface area contributed by atoms with Gasteiger partial charge in [-0.15, -0.1) is 0 Å². The molecule has 5 nitrogen and oxygen atoms in total. The second-order valence-electron chi connectivity index (χ2n) is 9.65. The van der Waals surface area contributed by atoms with Crippen LogP contribution in [0.15, 0.2) is 24.4 Å². The molecule has 0 bridgehead atoms. The summed E-state index contributed by atoms with van der Waals surface area (Å²) in [6.07, 6.45) is 7.29. The lowest BCUT2D eigenvalue weighted by atomic mass is 10.0. The molecule has 0 radical (unpaired) electrons. The van der Waals surface area contributed by atoms with Crippen LogP contribution >= 0.6 is 0 Å². The van der Waals surface area contributed by atoms with Crippen molar-refractivity contribution in [2.45, 2.75) is 57.8 Å². The lowest BCUT2D eigenvalue weighted by Crippen LogP contribution is -2.53. The van der Waals surface area contributed by atoms with Crippen LogP contribution in [0.1, 0.15) is 38.2 Å². The third kappa shape index (κ3) is 4.43. The van der Waals surface area contributed by atoms with Crippen LogP contribution < -0.4 is 4.90 Å². The molecule has 0 amide bonds. The van der Waals surface area contributed by atoms with Gasteiger partial charge in [0, 0.05) is 48.5 Å². The van der Waals surface area contributed by atoms with Crippen molar-refractivity contribution in [2.75, 3.05) is 50.7 Å². The summed E-state index contributed by atoms with van der Waals surface area (Å²) < 4.78 is 21.0. The lowest BCUT2D eigenvalue weighted by molar-refractivity contribution is -0.0371. The molecule has 1 unspecified atom stereocenters. The van der Waals surface area contributed by atoms with Gasteiger partial charge in [0.05, 0.1) is 17.7 Å². The Balaban J connectivity index is 1.27. The SMILES string of the molecule is Cc1c(F)cc(N2CC(C)O[C@@H](CN3CCC(N4CCCC4)CC3)C2)c2cccnc12. The average molecular weight is 427 g/mol. The minimum atomic E-state index is -0.180. The number of aryl methyl sites for hydroxylation is 1. The van der Waals surface area contributed by atoms with E-state index >= 15 is 0 Å². The largest absolute Gasteiger partial charge is 0.370 e. The highest BCUT2D eigenvalue weighted by atomic mass is 19.1. The predicted molar refractivity (Wildman–Crippen MR) is 123 cm³/mol. The van der Waals surface area contributed by atoms with Crippen molar-refractivity contribution in [3.05, 3.63) is 35.8 Å². The highest BCUT2D eigenvalue weighted by molar-refractivity contribution is 5.94. The molecular weight excluding hydrogens is 391 g/mol. The Morgan fingerprint density at radius 3 is 2.68 bits per heavy atom. The molecule has 5 rings (SSSR count). The van der Waals surface area contributed by atoms with Gasteiger partial charge < -0.3 is 19.4 Å². The molecular formula is C25H35FN4O. The highest BCUT2D eigenvalue weighted by Crippen LogP contribution is 2.32. The van der Waals surface area contributed by atoms with Crippen LogP contribution in [0.2, 0.25) is 0 Å². The van der Waals surface area contributed by atoms with Gasteiger partial charge >= 0.3 is 0 Å². The van der Waals surface area contributed by atoms with Gasteiger partial charge in [0.1, 0.15) is 5.82 Å². The molecule has 0 N–H and O–H groups in total. The van der Waals surface area contributed by atoms with Crippen LogP contribution in [0.5, 0.6) is 0 Å². The van der Waals surface area contributed by atoms with Crippen molar-refractivity contribution in [3.63, 3.8) is 0 Å². The maximum atomic E-state index is 14.7. The van der Waals surface area contributed by atoms with E-state index in [1.165, 1.54) is 38.8 Å². The summed E-state index contributed by atoms with van der Waals surface area (Å²) in [7, 11) is 0. The zero-order valence-corrected chi connectivity index (χ0v) is 18.9. The standard InChI is InChI=1S/C25H35FN4O/c1-18-15-30(24-14-23(26)19(2)25-22(24)6-5-9-27-25)17-21(31-18)16-28-12-7-20(8-13-28)29-10-3-4-11-29/h5-6,9,14,18,20-21H,3-4,7-8,10-13,15-17H2,1-2H3/t18?,21-/m0/s1. The van der Waals surface area contributed by atoms with E-state index in [1.807, 2.05) is 13.0 Å². The Bertz CT molecular complexity index is 908. The van der Waals surface area contributed by atoms with Gasteiger partial charge in [0.2, 0.25) is 0 Å². The number of benzene rings is 1. The first-order valence-corrected chi connectivity index (χ1v) is 12.0. The Morgan fingerprint density at radius 1 is 1.13 bits per heavy atom. The van der Waals surface area contributed by atoms with Crippen LogP contribution in [-0.2, 0) is 4.74 Å². The number of anilines is 1. The highest BCUT2D eigenvalue weighted by Gasteiger charge is 2.31. The summed E-state index contributed by atoms with van der Waals surface area (Å²) in [5.41, 5.74) is 2.33. The van der Waals surface area contributed by atoms with E-state index in [-0.39, 0.29) is 18.0 Å². The summed E-state index contributed by atoms with van der Waals surface area (Å²) in [6, 6.07) is 6.46. The number of ether oxygens (including phenoxy) is 1. The Kier molecular flexibility index (Phi) is 6.13. The van der Waals surface area contributed by atoms with Crippen molar-refractivity contribution in [1.82, 2.24) is 14.8 Å². The molecule has 168 valence electrons. The number of hydrogen-bond donors (Lipinski definition) is 0. The lowest BCUT2D eigenvalue weighted by Gasteiger charge is -2.42. The number of piperidine rings is 1. The number of nitrogens with zero attached hydrogens (tertiary/aromatic N) is 4. The molecule has 6 heteroatoms. The van der Waals surface area contributed by atoms with Crippen LogP contribution in [0.4, 0.5) is 10.1 Å². The smallest absolute Gasteiger partial charge is 0.130 e. The fraction of sp³-hybridized carbons (Fsp3) is 0.640. The summed E-state index contributed by atoms with van der Waals surface area (Å²) in [6.45, 7) is 11.4. The molecule has 1 aromatic carbocycles. The van der Waals surface area contributed by atoms with Crippen LogP contribution in [0.3, 0.4) is 0 Å². The van der Waals surface area contributed by atoms with Crippen LogP contribution in [0, 0.1) is 12.7 Å². The van der Waals surface area contributed by atoms with Crippen molar-refractivity contribution < 1.29 is 9.13 Å². The van der Waals surface area contributed by atoms with E-state index in [0.717, 1.165) is 55.4 Å². The molecule has 31 heavy (non-hydrogen) atoms. The van der Waals surface area contributed by atoms with Crippen molar-refractivity contribution in [1.29, 1.82) is 0 Å². The molecule has 3 aliphatic heterocycles. The van der Waals surface area contributed by atoms with Gasteiger partial charge in [0.25, 0.3) is 0 Å². The van der Waals surface area contributed by atoms with E-state index < -0.39 is 0 Å². The van der Waals surface area contributed by atoms with Gasteiger partial charge in [-0.25, -0.2) is 4.39 Å². The number of rotatable bonds is 4. The van der Waals surface area contributed by atoms with Gasteiger partial charge in [-0.2, -0.15) is 0 Å².